The summed E-state index contributed by atoms with van der Waals surface area (Å²) in [5.41, 5.74) is 3.23. The molecule has 192 valence electrons. The Morgan fingerprint density at radius 3 is 2.62 bits per heavy atom. The van der Waals surface area contributed by atoms with Gasteiger partial charge in [0.25, 0.3) is 0 Å². The number of nitrogens with one attached hydrogen (secondary N) is 2. The van der Waals surface area contributed by atoms with Gasteiger partial charge >= 0.3 is 11.8 Å². The number of rotatable bonds is 5. The third kappa shape index (κ3) is 5.10. The zero-order valence-electron chi connectivity index (χ0n) is 21.1. The van der Waals surface area contributed by atoms with Crippen LogP contribution in [0.4, 0.5) is 4.79 Å². The Kier molecular flexibility index (Phi) is 6.28. The summed E-state index contributed by atoms with van der Waals surface area (Å²) in [6.45, 7) is 5.42. The van der Waals surface area contributed by atoms with Gasteiger partial charge in [-0.05, 0) is 74.8 Å². The van der Waals surface area contributed by atoms with Crippen LogP contribution in [-0.4, -0.2) is 45.6 Å². The number of benzene rings is 2. The predicted octanol–water partition coefficient (Wildman–Crippen LogP) is 4.13. The summed E-state index contributed by atoms with van der Waals surface area (Å²) >= 11 is 0. The molecule has 1 aliphatic carbocycles. The van der Waals surface area contributed by atoms with E-state index in [0.29, 0.717) is 17.5 Å². The fourth-order valence-electron chi connectivity index (χ4n) is 5.49. The molecule has 1 aromatic heterocycles. The van der Waals surface area contributed by atoms with Gasteiger partial charge in [0.1, 0.15) is 17.7 Å². The summed E-state index contributed by atoms with van der Waals surface area (Å²) in [6, 6.07) is 14.0. The third-order valence-electron chi connectivity index (χ3n) is 7.08. The number of amides is 2. The zero-order valence-corrected chi connectivity index (χ0v) is 21.1. The van der Waals surface area contributed by atoms with Crippen molar-refractivity contribution in [2.45, 2.75) is 70.2 Å². The topological polar surface area (TPSA) is 128 Å². The highest BCUT2D eigenvalue weighted by Gasteiger charge is 2.52. The van der Waals surface area contributed by atoms with Crippen LogP contribution in [-0.2, 0) is 16.0 Å². The van der Waals surface area contributed by atoms with Crippen LogP contribution in [0.15, 0.2) is 51.7 Å². The van der Waals surface area contributed by atoms with Gasteiger partial charge in [-0.2, -0.15) is 5.26 Å². The number of carbonyl (C=O) groups excluding carboxylic acids is 2. The number of nitriles is 1. The van der Waals surface area contributed by atoms with Crippen molar-refractivity contribution in [3.63, 3.8) is 0 Å². The fourth-order valence-corrected chi connectivity index (χ4v) is 5.49. The second kappa shape index (κ2) is 9.43. The van der Waals surface area contributed by atoms with E-state index in [4.69, 9.17) is 9.15 Å². The first-order valence-electron chi connectivity index (χ1n) is 12.5. The molecule has 1 saturated carbocycles. The average Bonchev–Trinajstić information content (AvgIpc) is 3.56. The minimum atomic E-state index is -0.731. The second-order valence-corrected chi connectivity index (χ2v) is 10.9. The Balaban J connectivity index is 1.26. The molecule has 5 rings (SSSR count). The highest BCUT2D eigenvalue weighted by atomic mass is 16.6. The molecule has 2 aliphatic rings. The first kappa shape index (κ1) is 24.6. The molecule has 37 heavy (non-hydrogen) atoms. The van der Waals surface area contributed by atoms with Gasteiger partial charge in [-0.1, -0.05) is 30.3 Å². The summed E-state index contributed by atoms with van der Waals surface area (Å²) in [6.07, 6.45) is 2.41. The number of fused-ring (bicyclic) bond motifs is 3. The summed E-state index contributed by atoms with van der Waals surface area (Å²) in [5.74, 6) is -0.714. The number of carbonyl (C=O) groups is 2. The van der Waals surface area contributed by atoms with Crippen LogP contribution in [0.3, 0.4) is 0 Å². The molecule has 4 atom stereocenters. The molecule has 3 aromatic rings. The maximum absolute atomic E-state index is 13.3. The molecule has 2 heterocycles. The number of hydrogen-bond donors (Lipinski definition) is 2. The molecule has 2 aromatic carbocycles. The highest BCUT2D eigenvalue weighted by Crippen LogP contribution is 2.43. The first-order chi connectivity index (χ1) is 17.6. The molecule has 1 aliphatic heterocycles. The predicted molar refractivity (Wildman–Crippen MR) is 137 cm³/mol. The van der Waals surface area contributed by atoms with E-state index in [9.17, 15) is 19.6 Å². The number of hydrogen-bond acceptors (Lipinski definition) is 6. The largest absolute Gasteiger partial charge is 0.444 e. The smallest absolute Gasteiger partial charge is 0.417 e. The van der Waals surface area contributed by atoms with Crippen molar-refractivity contribution in [1.82, 2.24) is 15.2 Å². The number of H-pyrrole nitrogens is 1. The number of piperidine rings is 1. The molecule has 0 radical (unpaired) electrons. The van der Waals surface area contributed by atoms with Gasteiger partial charge in [0, 0.05) is 12.5 Å². The van der Waals surface area contributed by atoms with E-state index in [2.05, 4.69) is 16.4 Å². The third-order valence-corrected chi connectivity index (χ3v) is 7.08. The quantitative estimate of drug-likeness (QED) is 0.540. The van der Waals surface area contributed by atoms with Crippen LogP contribution in [0.2, 0.25) is 0 Å². The van der Waals surface area contributed by atoms with E-state index in [-0.39, 0.29) is 17.9 Å². The van der Waals surface area contributed by atoms with Gasteiger partial charge in [-0.25, -0.2) is 9.59 Å². The van der Waals surface area contributed by atoms with Crippen molar-refractivity contribution in [3.05, 3.63) is 58.6 Å². The van der Waals surface area contributed by atoms with Crippen molar-refractivity contribution in [2.75, 3.05) is 0 Å². The Morgan fingerprint density at radius 2 is 1.92 bits per heavy atom. The van der Waals surface area contributed by atoms with Crippen LogP contribution in [0.1, 0.15) is 45.6 Å². The van der Waals surface area contributed by atoms with E-state index in [1.54, 1.807) is 11.0 Å². The van der Waals surface area contributed by atoms with Gasteiger partial charge in [-0.3, -0.25) is 14.7 Å². The summed E-state index contributed by atoms with van der Waals surface area (Å²) in [4.78, 5) is 41.8. The van der Waals surface area contributed by atoms with Gasteiger partial charge < -0.3 is 14.5 Å². The highest BCUT2D eigenvalue weighted by molar-refractivity contribution is 5.87. The number of likely N-dealkylation sites (tertiary alicyclic amines) is 1. The van der Waals surface area contributed by atoms with E-state index in [1.165, 1.54) is 0 Å². The zero-order chi connectivity index (χ0) is 26.3. The van der Waals surface area contributed by atoms with Crippen molar-refractivity contribution >= 4 is 23.1 Å². The van der Waals surface area contributed by atoms with Crippen LogP contribution in [0, 0.1) is 17.2 Å². The van der Waals surface area contributed by atoms with Crippen LogP contribution in [0.5, 0.6) is 0 Å². The van der Waals surface area contributed by atoms with Gasteiger partial charge in [0.15, 0.2) is 5.58 Å². The summed E-state index contributed by atoms with van der Waals surface area (Å²) in [7, 11) is 0. The lowest BCUT2D eigenvalue weighted by atomic mass is 9.97. The molecule has 2 fully saturated rings. The Hall–Kier alpha value is -4.06. The van der Waals surface area contributed by atoms with Crippen molar-refractivity contribution < 1.29 is 18.7 Å². The molecule has 9 nitrogen and oxygen atoms in total. The molecule has 0 spiro atoms. The summed E-state index contributed by atoms with van der Waals surface area (Å²) in [5, 5.41) is 12.6. The van der Waals surface area contributed by atoms with E-state index < -0.39 is 29.5 Å². The Bertz CT molecular complexity index is 1430. The van der Waals surface area contributed by atoms with Gasteiger partial charge in [-0.15, -0.1) is 0 Å². The lowest BCUT2D eigenvalue weighted by Gasteiger charge is -2.35. The van der Waals surface area contributed by atoms with Crippen LogP contribution < -0.4 is 11.1 Å². The monoisotopic (exact) mass is 502 g/mol. The second-order valence-electron chi connectivity index (χ2n) is 10.9. The van der Waals surface area contributed by atoms with Crippen LogP contribution >= 0.6 is 0 Å². The number of nitrogens with zero attached hydrogens (tertiary/aromatic N) is 2. The summed E-state index contributed by atoms with van der Waals surface area (Å²) < 4.78 is 10.6. The van der Waals surface area contributed by atoms with Crippen molar-refractivity contribution in [1.29, 1.82) is 5.26 Å². The van der Waals surface area contributed by atoms with Gasteiger partial charge in [0.05, 0.1) is 11.6 Å². The van der Waals surface area contributed by atoms with Crippen molar-refractivity contribution in [2.24, 2.45) is 5.92 Å². The number of oxazole rings is 1. The molecular weight excluding hydrogens is 472 g/mol. The minimum Gasteiger partial charge on any atom is -0.444 e. The standard InChI is InChI=1S/C28H30N4O5/c1-28(2,3)37-27(35)32-21-10-8-19(13-21)24(32)25(33)30-20(15-29)12-16-4-6-17(7-5-16)18-9-11-23-22(14-18)31-26(34)36-23/h4-7,9,11,14,19-21,24H,8,10,12-13H2,1-3H3,(H,30,33)(H,31,34)/t19-,20-,21+,24-/m0/s1. The SMILES string of the molecule is CC(C)(C)OC(=O)N1[C@@H]2CC[C@@H](C2)[C@H]1C(=O)N[C@H](C#N)Cc1ccc(-c2ccc3oc(=O)[nH]c3c2)cc1. The molecule has 0 unspecified atom stereocenters. The normalized spacial score (nSPS) is 21.6. The lowest BCUT2D eigenvalue weighted by molar-refractivity contribution is -0.128. The molecule has 2 amide bonds. The first-order valence-corrected chi connectivity index (χ1v) is 12.5. The fraction of sp³-hybridized carbons (Fsp3) is 0.429. The minimum absolute atomic E-state index is 0.00257. The number of aromatic nitrogens is 1. The molecule has 2 bridgehead atoms. The van der Waals surface area contributed by atoms with Crippen molar-refractivity contribution in [3.8, 4) is 17.2 Å². The number of aromatic amines is 1. The Morgan fingerprint density at radius 1 is 1.19 bits per heavy atom. The van der Waals surface area contributed by atoms with Gasteiger partial charge in [0.2, 0.25) is 5.91 Å². The van der Waals surface area contributed by atoms with Crippen LogP contribution in [0.25, 0.3) is 22.2 Å². The maximum atomic E-state index is 13.3. The van der Waals surface area contributed by atoms with E-state index in [0.717, 1.165) is 36.0 Å². The van der Waals surface area contributed by atoms with E-state index in [1.807, 2.05) is 57.2 Å². The molecular formula is C28H30N4O5. The molecule has 9 heteroatoms. The molecule has 2 N–H and O–H groups in total. The Labute approximate surface area is 214 Å². The number of ether oxygens (including phenoxy) is 1. The molecule has 1 saturated heterocycles. The van der Waals surface area contributed by atoms with E-state index >= 15 is 0 Å². The lowest BCUT2D eigenvalue weighted by Crippen LogP contribution is -2.55. The average molecular weight is 503 g/mol. The maximum Gasteiger partial charge on any atom is 0.417 e.